The quantitative estimate of drug-likeness (QED) is 0.460. The number of carbonyl (C=O) groups excluding carboxylic acids is 2. The lowest BCUT2D eigenvalue weighted by Crippen LogP contribution is -2.52. The molecule has 0 aliphatic rings. The zero-order chi connectivity index (χ0) is 26.3. The van der Waals surface area contributed by atoms with Crippen molar-refractivity contribution in [3.63, 3.8) is 0 Å². The van der Waals surface area contributed by atoms with Crippen LogP contribution in [0.5, 0.6) is 5.75 Å². The summed E-state index contributed by atoms with van der Waals surface area (Å²) in [5.41, 5.74) is 0.824. The zero-order valence-electron chi connectivity index (χ0n) is 20.4. The molecule has 2 aromatic carbocycles. The molecule has 0 aliphatic heterocycles. The van der Waals surface area contributed by atoms with Crippen LogP contribution in [-0.2, 0) is 26.2 Å². The van der Waals surface area contributed by atoms with Crippen LogP contribution in [0.1, 0.15) is 32.8 Å². The molecule has 0 radical (unpaired) electrons. The van der Waals surface area contributed by atoms with Crippen molar-refractivity contribution in [1.82, 2.24) is 10.2 Å². The Balaban J connectivity index is 2.42. The van der Waals surface area contributed by atoms with Crippen molar-refractivity contribution in [2.24, 2.45) is 0 Å². The normalized spacial score (nSPS) is 13.0. The molecule has 192 valence electrons. The lowest BCUT2D eigenvalue weighted by Gasteiger charge is -2.32. The fraction of sp³-hybridized carbons (Fsp3) is 0.417. The molecule has 1 N–H and O–H groups in total. The van der Waals surface area contributed by atoms with Gasteiger partial charge in [-0.25, -0.2) is 8.42 Å². The van der Waals surface area contributed by atoms with Gasteiger partial charge in [0.1, 0.15) is 18.3 Å². The minimum atomic E-state index is -3.91. The van der Waals surface area contributed by atoms with E-state index in [1.807, 2.05) is 13.8 Å². The van der Waals surface area contributed by atoms with Gasteiger partial charge in [-0.1, -0.05) is 42.3 Å². The number of anilines is 1. The van der Waals surface area contributed by atoms with Gasteiger partial charge in [0.25, 0.3) is 0 Å². The standard InChI is InChI=1S/C24H31Cl2N3O5S/c1-6-16(2)27-24(31)17(3)28(14-18-7-10-20(34-4)11-8-18)23(30)15-29(35(5,32)33)22-13-19(25)9-12-21(22)26/h7-13,16-17H,6,14-15H2,1-5H3,(H,27,31)/t16-,17-/m1/s1. The number of amides is 2. The molecule has 0 spiro atoms. The summed E-state index contributed by atoms with van der Waals surface area (Å²) in [5, 5.41) is 3.27. The Morgan fingerprint density at radius 2 is 1.71 bits per heavy atom. The molecule has 0 saturated carbocycles. The molecule has 35 heavy (non-hydrogen) atoms. The van der Waals surface area contributed by atoms with E-state index >= 15 is 0 Å². The number of nitrogens with one attached hydrogen (secondary N) is 1. The first-order valence-corrected chi connectivity index (χ1v) is 13.6. The third kappa shape index (κ3) is 8.02. The second kappa shape index (κ2) is 12.5. The van der Waals surface area contributed by atoms with Crippen molar-refractivity contribution in [3.05, 3.63) is 58.1 Å². The maximum atomic E-state index is 13.5. The van der Waals surface area contributed by atoms with Gasteiger partial charge in [0.15, 0.2) is 0 Å². The van der Waals surface area contributed by atoms with Crippen molar-refractivity contribution in [1.29, 1.82) is 0 Å². The molecule has 8 nitrogen and oxygen atoms in total. The Morgan fingerprint density at radius 3 is 2.26 bits per heavy atom. The van der Waals surface area contributed by atoms with Gasteiger partial charge in [0.2, 0.25) is 21.8 Å². The van der Waals surface area contributed by atoms with E-state index in [0.717, 1.165) is 22.5 Å². The first kappa shape index (κ1) is 28.7. The van der Waals surface area contributed by atoms with Crippen molar-refractivity contribution in [3.8, 4) is 5.75 Å². The van der Waals surface area contributed by atoms with Gasteiger partial charge in [-0.05, 0) is 56.2 Å². The van der Waals surface area contributed by atoms with E-state index in [1.54, 1.807) is 38.3 Å². The SMILES string of the molecule is CC[C@@H](C)NC(=O)[C@@H](C)N(Cc1ccc(OC)cc1)C(=O)CN(c1cc(Cl)ccc1Cl)S(C)(=O)=O. The van der Waals surface area contributed by atoms with Crippen LogP contribution < -0.4 is 14.4 Å². The van der Waals surface area contributed by atoms with Crippen LogP contribution in [0.25, 0.3) is 0 Å². The van der Waals surface area contributed by atoms with Crippen LogP contribution in [0.4, 0.5) is 5.69 Å². The second-order valence-corrected chi connectivity index (χ2v) is 11.0. The molecule has 0 aliphatic carbocycles. The molecule has 0 heterocycles. The Morgan fingerprint density at radius 1 is 1.09 bits per heavy atom. The average Bonchev–Trinajstić information content (AvgIpc) is 2.81. The molecular weight excluding hydrogens is 513 g/mol. The third-order valence-electron chi connectivity index (χ3n) is 5.54. The smallest absolute Gasteiger partial charge is 0.244 e. The summed E-state index contributed by atoms with van der Waals surface area (Å²) in [6, 6.07) is 10.5. The fourth-order valence-corrected chi connectivity index (χ4v) is 4.54. The average molecular weight is 545 g/mol. The molecule has 2 aromatic rings. The van der Waals surface area contributed by atoms with Gasteiger partial charge in [-0.15, -0.1) is 0 Å². The number of benzene rings is 2. The number of hydrogen-bond acceptors (Lipinski definition) is 5. The zero-order valence-corrected chi connectivity index (χ0v) is 22.7. The molecule has 0 bridgehead atoms. The van der Waals surface area contributed by atoms with Gasteiger partial charge < -0.3 is 15.0 Å². The molecule has 0 unspecified atom stereocenters. The molecule has 2 amide bonds. The minimum Gasteiger partial charge on any atom is -0.497 e. The number of hydrogen-bond donors (Lipinski definition) is 1. The lowest BCUT2D eigenvalue weighted by molar-refractivity contribution is -0.139. The summed E-state index contributed by atoms with van der Waals surface area (Å²) in [6.07, 6.45) is 1.70. The second-order valence-electron chi connectivity index (χ2n) is 8.23. The van der Waals surface area contributed by atoms with Gasteiger partial charge in [0.05, 0.1) is 24.1 Å². The monoisotopic (exact) mass is 543 g/mol. The molecule has 0 aromatic heterocycles. The number of ether oxygens (including phenoxy) is 1. The highest BCUT2D eigenvalue weighted by molar-refractivity contribution is 7.92. The van der Waals surface area contributed by atoms with Gasteiger partial charge in [-0.3, -0.25) is 13.9 Å². The van der Waals surface area contributed by atoms with E-state index in [-0.39, 0.29) is 34.2 Å². The van der Waals surface area contributed by atoms with Crippen LogP contribution in [0, 0.1) is 0 Å². The van der Waals surface area contributed by atoms with Gasteiger partial charge in [0, 0.05) is 17.6 Å². The van der Waals surface area contributed by atoms with E-state index in [0.29, 0.717) is 5.75 Å². The summed E-state index contributed by atoms with van der Waals surface area (Å²) in [4.78, 5) is 27.8. The van der Waals surface area contributed by atoms with Crippen LogP contribution in [0.15, 0.2) is 42.5 Å². The largest absolute Gasteiger partial charge is 0.497 e. The van der Waals surface area contributed by atoms with Crippen molar-refractivity contribution < 1.29 is 22.7 Å². The predicted molar refractivity (Wildman–Crippen MR) is 140 cm³/mol. The molecule has 11 heteroatoms. The number of carbonyl (C=O) groups is 2. The van der Waals surface area contributed by atoms with Crippen molar-refractivity contribution >= 4 is 50.7 Å². The summed E-state index contributed by atoms with van der Waals surface area (Å²) in [5.74, 6) is -0.268. The van der Waals surface area contributed by atoms with Crippen LogP contribution >= 0.6 is 23.2 Å². The summed E-state index contributed by atoms with van der Waals surface area (Å²) in [6.45, 7) is 4.94. The molecule has 0 fully saturated rings. The fourth-order valence-electron chi connectivity index (χ4n) is 3.25. The predicted octanol–water partition coefficient (Wildman–Crippen LogP) is 4.10. The minimum absolute atomic E-state index is 0.0797. The number of sulfonamides is 1. The Kier molecular flexibility index (Phi) is 10.2. The topological polar surface area (TPSA) is 96.0 Å². The van der Waals surface area contributed by atoms with Gasteiger partial charge in [-0.2, -0.15) is 0 Å². The number of halogens is 2. The number of rotatable bonds is 11. The van der Waals surface area contributed by atoms with E-state index < -0.39 is 28.5 Å². The third-order valence-corrected chi connectivity index (χ3v) is 7.22. The van der Waals surface area contributed by atoms with Crippen LogP contribution in [0.2, 0.25) is 10.0 Å². The van der Waals surface area contributed by atoms with Gasteiger partial charge >= 0.3 is 0 Å². The highest BCUT2D eigenvalue weighted by Crippen LogP contribution is 2.31. The van der Waals surface area contributed by atoms with Crippen LogP contribution in [-0.4, -0.2) is 57.1 Å². The summed E-state index contributed by atoms with van der Waals surface area (Å²) >= 11 is 12.3. The maximum Gasteiger partial charge on any atom is 0.244 e. The molecule has 0 saturated heterocycles. The molecule has 2 atom stereocenters. The number of nitrogens with zero attached hydrogens (tertiary/aromatic N) is 2. The van der Waals surface area contributed by atoms with Crippen LogP contribution in [0.3, 0.4) is 0 Å². The highest BCUT2D eigenvalue weighted by atomic mass is 35.5. The lowest BCUT2D eigenvalue weighted by atomic mass is 10.1. The Hall–Kier alpha value is -2.49. The molecule has 2 rings (SSSR count). The Bertz CT molecular complexity index is 1140. The van der Waals surface area contributed by atoms with E-state index in [4.69, 9.17) is 27.9 Å². The highest BCUT2D eigenvalue weighted by Gasteiger charge is 2.31. The molecular formula is C24H31Cl2N3O5S. The van der Waals surface area contributed by atoms with E-state index in [2.05, 4.69) is 5.32 Å². The first-order valence-electron chi connectivity index (χ1n) is 11.0. The van der Waals surface area contributed by atoms with Crippen molar-refractivity contribution in [2.75, 3.05) is 24.2 Å². The summed E-state index contributed by atoms with van der Waals surface area (Å²) < 4.78 is 31.3. The van der Waals surface area contributed by atoms with E-state index in [9.17, 15) is 18.0 Å². The Labute approximate surface area is 217 Å². The maximum absolute atomic E-state index is 13.5. The van der Waals surface area contributed by atoms with E-state index in [1.165, 1.54) is 23.1 Å². The first-order chi connectivity index (χ1) is 16.4. The summed E-state index contributed by atoms with van der Waals surface area (Å²) in [7, 11) is -2.36. The number of methoxy groups -OCH3 is 1. The van der Waals surface area contributed by atoms with Crippen molar-refractivity contribution in [2.45, 2.75) is 45.8 Å².